The Kier molecular flexibility index (Phi) is 8.65. The quantitative estimate of drug-likeness (QED) is 0.173. The van der Waals surface area contributed by atoms with E-state index in [1.165, 1.54) is 118 Å². The van der Waals surface area contributed by atoms with Crippen LogP contribution in [0.5, 0.6) is 0 Å². The first-order chi connectivity index (χ1) is 32.5. The SMILES string of the molecule is CC1(C)CCC(C)(C)c2cc(Nc3ccc4c(c3-c3c5c(cc6ccccc36)N3c6ccccc6C(C6=CCCC=C6)(c6ccccc6)c6cccc(c63)B5)C(C)(C)c3ccccc3-4)ccc21. The highest BCUT2D eigenvalue weighted by molar-refractivity contribution is 6.74. The van der Waals surface area contributed by atoms with E-state index in [2.05, 4.69) is 228 Å². The van der Waals surface area contributed by atoms with Gasteiger partial charge < -0.3 is 10.2 Å². The fourth-order valence-corrected chi connectivity index (χ4v) is 13.5. The molecule has 0 spiro atoms. The zero-order chi connectivity index (χ0) is 45.5. The molecule has 13 rings (SSSR count). The highest BCUT2D eigenvalue weighted by Gasteiger charge is 2.50. The number of nitrogens with zero attached hydrogens (tertiary/aromatic N) is 1. The van der Waals surface area contributed by atoms with Crippen LogP contribution in [0.1, 0.15) is 106 Å². The Morgan fingerprint density at radius 2 is 1.28 bits per heavy atom. The molecule has 8 aromatic rings. The largest absolute Gasteiger partial charge is 0.355 e. The van der Waals surface area contributed by atoms with Gasteiger partial charge in [0.1, 0.15) is 0 Å². The predicted octanol–water partition coefficient (Wildman–Crippen LogP) is 15.0. The molecule has 2 heterocycles. The van der Waals surface area contributed by atoms with E-state index in [1.54, 1.807) is 0 Å². The van der Waals surface area contributed by atoms with Crippen LogP contribution < -0.4 is 21.1 Å². The Bertz CT molecular complexity index is 3460. The predicted molar refractivity (Wildman–Crippen MR) is 286 cm³/mol. The summed E-state index contributed by atoms with van der Waals surface area (Å²) in [5.74, 6) is 0. The lowest BCUT2D eigenvalue weighted by molar-refractivity contribution is 0.332. The number of hydrogen-bond donors (Lipinski definition) is 1. The van der Waals surface area contributed by atoms with Gasteiger partial charge in [-0.1, -0.05) is 193 Å². The Morgan fingerprint density at radius 3 is 2.10 bits per heavy atom. The molecule has 2 nitrogen and oxygen atoms in total. The molecule has 0 fully saturated rings. The lowest BCUT2D eigenvalue weighted by atomic mass is 9.53. The number of rotatable bonds is 5. The van der Waals surface area contributed by atoms with Crippen molar-refractivity contribution in [3.05, 3.63) is 220 Å². The van der Waals surface area contributed by atoms with Crippen molar-refractivity contribution in [1.82, 2.24) is 0 Å². The number of para-hydroxylation sites is 2. The fourth-order valence-electron chi connectivity index (χ4n) is 13.5. The molecule has 3 aliphatic carbocycles. The average Bonchev–Trinajstić information content (AvgIpc) is 3.58. The van der Waals surface area contributed by atoms with Crippen LogP contribution in [0.4, 0.5) is 28.4 Å². The van der Waals surface area contributed by atoms with Gasteiger partial charge in [-0.25, -0.2) is 0 Å². The molecule has 0 bridgehead atoms. The van der Waals surface area contributed by atoms with Crippen LogP contribution >= 0.6 is 0 Å². The zero-order valence-electron chi connectivity index (χ0n) is 39.7. The van der Waals surface area contributed by atoms with Crippen LogP contribution in [-0.4, -0.2) is 7.28 Å². The number of anilines is 5. The minimum Gasteiger partial charge on any atom is -0.355 e. The van der Waals surface area contributed by atoms with E-state index in [9.17, 15) is 0 Å². The van der Waals surface area contributed by atoms with Crippen LogP contribution in [0.15, 0.2) is 182 Å². The second kappa shape index (κ2) is 14.3. The van der Waals surface area contributed by atoms with E-state index in [4.69, 9.17) is 0 Å². The first-order valence-electron chi connectivity index (χ1n) is 24.7. The maximum Gasteiger partial charge on any atom is 0.198 e. The number of nitrogens with one attached hydrogen (secondary N) is 1. The highest BCUT2D eigenvalue weighted by Crippen LogP contribution is 2.60. The Balaban J connectivity index is 1.11. The first kappa shape index (κ1) is 40.4. The maximum absolute atomic E-state index is 4.17. The van der Waals surface area contributed by atoms with Gasteiger partial charge in [-0.05, 0) is 144 Å². The Labute approximate surface area is 397 Å². The van der Waals surface area contributed by atoms with Gasteiger partial charge in [0.25, 0.3) is 0 Å². The molecule has 0 amide bonds. The summed E-state index contributed by atoms with van der Waals surface area (Å²) in [6, 6.07) is 60.6. The van der Waals surface area contributed by atoms with Crippen molar-refractivity contribution in [1.29, 1.82) is 0 Å². The Hall–Kier alpha value is -6.84. The van der Waals surface area contributed by atoms with Crippen molar-refractivity contribution in [2.45, 2.75) is 88.9 Å². The summed E-state index contributed by atoms with van der Waals surface area (Å²) >= 11 is 0. The maximum atomic E-state index is 4.17. The molecule has 67 heavy (non-hydrogen) atoms. The van der Waals surface area contributed by atoms with Gasteiger partial charge >= 0.3 is 0 Å². The standard InChI is InChI=1S/C64H57BN2/c1-61(2)36-37-62(3,4)51-39-43(32-34-48(51)61)66-53-35-33-46-45-26-15-16-27-47(45)63(5,6)58(46)57(53)56-44-25-14-13-20-40(44)38-55-59(56)65-52-30-19-29-50-60(52)67(55)54-31-18-17-28-49(54)64(50,41-21-9-7-10-22-41)42-23-11-8-12-24-42/h7,9-11,13-35,38-39,65-66H,8,12,36-37H2,1-6H3. The molecule has 0 saturated heterocycles. The summed E-state index contributed by atoms with van der Waals surface area (Å²) in [6.07, 6.45) is 11.8. The van der Waals surface area contributed by atoms with Gasteiger partial charge in [-0.15, -0.1) is 0 Å². The van der Waals surface area contributed by atoms with Crippen LogP contribution in [0.25, 0.3) is 33.0 Å². The molecule has 1 N–H and O–H groups in total. The van der Waals surface area contributed by atoms with Crippen molar-refractivity contribution in [2.24, 2.45) is 0 Å². The van der Waals surface area contributed by atoms with Gasteiger partial charge in [-0.2, -0.15) is 0 Å². The second-order valence-electron chi connectivity index (χ2n) is 21.8. The second-order valence-corrected chi connectivity index (χ2v) is 21.8. The van der Waals surface area contributed by atoms with E-state index < -0.39 is 5.41 Å². The number of hydrogen-bond acceptors (Lipinski definition) is 2. The van der Waals surface area contributed by atoms with Crippen LogP contribution in [0.2, 0.25) is 0 Å². The molecular weight excluding hydrogens is 808 g/mol. The lowest BCUT2D eigenvalue weighted by Gasteiger charge is -2.50. The number of fused-ring (bicyclic) bond motifs is 9. The van der Waals surface area contributed by atoms with Crippen molar-refractivity contribution in [2.75, 3.05) is 10.2 Å². The summed E-state index contributed by atoms with van der Waals surface area (Å²) in [6.45, 7) is 14.6. The minimum absolute atomic E-state index is 0.0978. The van der Waals surface area contributed by atoms with Gasteiger partial charge in [0, 0.05) is 33.7 Å². The topological polar surface area (TPSA) is 15.3 Å². The van der Waals surface area contributed by atoms with E-state index in [1.807, 2.05) is 0 Å². The molecule has 2 aliphatic heterocycles. The normalized spacial score (nSPS) is 19.5. The monoisotopic (exact) mass is 864 g/mol. The molecule has 8 aromatic carbocycles. The van der Waals surface area contributed by atoms with Gasteiger partial charge in [0.2, 0.25) is 0 Å². The van der Waals surface area contributed by atoms with Crippen molar-refractivity contribution in [3.63, 3.8) is 0 Å². The number of benzene rings is 8. The third kappa shape index (κ3) is 5.64. The van der Waals surface area contributed by atoms with Gasteiger partial charge in [0.15, 0.2) is 7.28 Å². The van der Waals surface area contributed by atoms with E-state index in [0.29, 0.717) is 0 Å². The third-order valence-corrected chi connectivity index (χ3v) is 16.8. The molecule has 326 valence electrons. The molecule has 0 radical (unpaired) electrons. The highest BCUT2D eigenvalue weighted by atomic mass is 15.2. The van der Waals surface area contributed by atoms with Crippen LogP contribution in [0, 0.1) is 0 Å². The summed E-state index contributed by atoms with van der Waals surface area (Å²) in [7, 11) is 0.815. The van der Waals surface area contributed by atoms with E-state index in [-0.39, 0.29) is 16.2 Å². The number of allylic oxidation sites excluding steroid dienone is 4. The van der Waals surface area contributed by atoms with Crippen molar-refractivity contribution < 1.29 is 0 Å². The van der Waals surface area contributed by atoms with Crippen LogP contribution in [-0.2, 0) is 21.7 Å². The Morgan fingerprint density at radius 1 is 0.552 bits per heavy atom. The molecule has 5 aliphatic rings. The summed E-state index contributed by atoms with van der Waals surface area (Å²) in [5.41, 5.74) is 24.8. The minimum atomic E-state index is -0.473. The van der Waals surface area contributed by atoms with Gasteiger partial charge in [-0.3, -0.25) is 0 Å². The van der Waals surface area contributed by atoms with E-state index >= 15 is 0 Å². The lowest BCUT2D eigenvalue weighted by Crippen LogP contribution is -2.47. The summed E-state index contributed by atoms with van der Waals surface area (Å²) < 4.78 is 0. The van der Waals surface area contributed by atoms with E-state index in [0.717, 1.165) is 31.5 Å². The molecular formula is C64H57BN2. The fraction of sp³-hybridized carbons (Fsp3) is 0.219. The average molecular weight is 865 g/mol. The zero-order valence-corrected chi connectivity index (χ0v) is 39.7. The van der Waals surface area contributed by atoms with Gasteiger partial charge in [0.05, 0.1) is 11.1 Å². The molecule has 0 saturated carbocycles. The van der Waals surface area contributed by atoms with Crippen molar-refractivity contribution >= 4 is 57.4 Å². The third-order valence-electron chi connectivity index (χ3n) is 16.8. The van der Waals surface area contributed by atoms with Crippen LogP contribution in [0.3, 0.4) is 0 Å². The summed E-state index contributed by atoms with van der Waals surface area (Å²) in [4.78, 5) is 2.66. The molecule has 1 unspecified atom stereocenters. The smallest absolute Gasteiger partial charge is 0.198 e. The molecule has 0 aromatic heterocycles. The first-order valence-corrected chi connectivity index (χ1v) is 24.7. The molecule has 1 atom stereocenters. The molecule has 3 heteroatoms. The van der Waals surface area contributed by atoms with Crippen molar-refractivity contribution in [3.8, 4) is 22.3 Å². The summed E-state index contributed by atoms with van der Waals surface area (Å²) in [5, 5.41) is 6.71.